The number of carbonyl (C=O) groups excluding carboxylic acids is 1. The third-order valence-electron chi connectivity index (χ3n) is 4.07. The van der Waals surface area contributed by atoms with Crippen molar-refractivity contribution in [1.29, 1.82) is 0 Å². The van der Waals surface area contributed by atoms with Crippen molar-refractivity contribution in [2.45, 2.75) is 38.6 Å². The van der Waals surface area contributed by atoms with Crippen molar-refractivity contribution in [3.63, 3.8) is 0 Å². The maximum absolute atomic E-state index is 12.1. The van der Waals surface area contributed by atoms with E-state index in [0.29, 0.717) is 11.8 Å². The van der Waals surface area contributed by atoms with Crippen LogP contribution in [-0.2, 0) is 4.79 Å². The van der Waals surface area contributed by atoms with Gasteiger partial charge in [-0.2, -0.15) is 0 Å². The molecule has 1 aliphatic rings. The molecule has 0 aliphatic heterocycles. The number of hydrogen-bond donors (Lipinski definition) is 1. The van der Waals surface area contributed by atoms with Gasteiger partial charge in [0.05, 0.1) is 0 Å². The molecule has 1 aromatic rings. The molecule has 1 amide bonds. The fourth-order valence-corrected chi connectivity index (χ4v) is 3.25. The molecular formula is C15H21NO4S. The minimum absolute atomic E-state index is 0.0433. The van der Waals surface area contributed by atoms with E-state index < -0.39 is 5.97 Å². The average Bonchev–Trinajstić information content (AvgIpc) is 2.94. The lowest BCUT2D eigenvalue weighted by Gasteiger charge is -2.33. The van der Waals surface area contributed by atoms with Gasteiger partial charge in [-0.1, -0.05) is 6.92 Å². The normalized spacial score (nSPS) is 21.8. The van der Waals surface area contributed by atoms with Gasteiger partial charge in [0.15, 0.2) is 6.61 Å². The molecule has 1 aliphatic carbocycles. The molecule has 0 atom stereocenters. The summed E-state index contributed by atoms with van der Waals surface area (Å²) >= 11 is 1.10. The highest BCUT2D eigenvalue weighted by atomic mass is 32.1. The van der Waals surface area contributed by atoms with Crippen LogP contribution in [0.1, 0.15) is 42.3 Å². The van der Waals surface area contributed by atoms with E-state index in [4.69, 9.17) is 9.84 Å². The Morgan fingerprint density at radius 2 is 2.05 bits per heavy atom. The number of nitrogens with zero attached hydrogens (tertiary/aromatic N) is 1. The van der Waals surface area contributed by atoms with Gasteiger partial charge in [0.1, 0.15) is 10.6 Å². The fraction of sp³-hybridized carbons (Fsp3) is 0.600. The van der Waals surface area contributed by atoms with Gasteiger partial charge in [-0.3, -0.25) is 4.79 Å². The second-order valence-corrected chi connectivity index (χ2v) is 6.57. The van der Waals surface area contributed by atoms with E-state index in [-0.39, 0.29) is 17.4 Å². The topological polar surface area (TPSA) is 66.8 Å². The van der Waals surface area contributed by atoms with E-state index in [1.807, 2.05) is 7.05 Å². The molecule has 0 spiro atoms. The summed E-state index contributed by atoms with van der Waals surface area (Å²) in [5.74, 6) is 0.157. The van der Waals surface area contributed by atoms with E-state index in [1.165, 1.54) is 6.07 Å². The first-order chi connectivity index (χ1) is 9.97. The van der Waals surface area contributed by atoms with Crippen LogP contribution in [0.25, 0.3) is 0 Å². The zero-order valence-electron chi connectivity index (χ0n) is 12.4. The standard InChI is InChI=1S/C15H21NO4S/c1-10-3-5-11(6-4-10)16(2)14(17)8-20-12-7-13(15(18)19)21-9-12/h7,9-11H,3-6,8H2,1-2H3,(H,18,19). The van der Waals surface area contributed by atoms with Gasteiger partial charge in [-0.15, -0.1) is 11.3 Å². The third kappa shape index (κ3) is 4.20. The zero-order valence-corrected chi connectivity index (χ0v) is 13.2. The van der Waals surface area contributed by atoms with Crippen LogP contribution >= 0.6 is 11.3 Å². The predicted molar refractivity (Wildman–Crippen MR) is 81.0 cm³/mol. The molecule has 5 nitrogen and oxygen atoms in total. The summed E-state index contributed by atoms with van der Waals surface area (Å²) < 4.78 is 5.39. The molecule has 1 N–H and O–H groups in total. The number of amides is 1. The summed E-state index contributed by atoms with van der Waals surface area (Å²) in [6, 6.07) is 1.75. The van der Waals surface area contributed by atoms with E-state index in [2.05, 4.69) is 6.92 Å². The van der Waals surface area contributed by atoms with Gasteiger partial charge in [0.25, 0.3) is 5.91 Å². The van der Waals surface area contributed by atoms with Crippen molar-refractivity contribution in [3.8, 4) is 5.75 Å². The minimum Gasteiger partial charge on any atom is -0.483 e. The van der Waals surface area contributed by atoms with Crippen molar-refractivity contribution in [2.24, 2.45) is 5.92 Å². The van der Waals surface area contributed by atoms with Crippen molar-refractivity contribution in [1.82, 2.24) is 4.90 Å². The van der Waals surface area contributed by atoms with Crippen LogP contribution in [0.3, 0.4) is 0 Å². The van der Waals surface area contributed by atoms with Crippen molar-refractivity contribution in [2.75, 3.05) is 13.7 Å². The second-order valence-electron chi connectivity index (χ2n) is 5.66. The van der Waals surface area contributed by atoms with Crippen LogP contribution in [-0.4, -0.2) is 41.6 Å². The van der Waals surface area contributed by atoms with Crippen LogP contribution in [0.2, 0.25) is 0 Å². The fourth-order valence-electron chi connectivity index (χ4n) is 2.59. The zero-order chi connectivity index (χ0) is 15.4. The lowest BCUT2D eigenvalue weighted by Crippen LogP contribution is -2.41. The number of aromatic carboxylic acids is 1. The predicted octanol–water partition coefficient (Wildman–Crippen LogP) is 2.86. The Balaban J connectivity index is 1.81. The molecule has 116 valence electrons. The Labute approximate surface area is 128 Å². The summed E-state index contributed by atoms with van der Waals surface area (Å²) in [4.78, 5) is 24.9. The molecule has 1 saturated carbocycles. The number of carboxylic acid groups (broad SMARTS) is 1. The molecule has 1 heterocycles. The number of rotatable bonds is 5. The summed E-state index contributed by atoms with van der Waals surface area (Å²) in [7, 11) is 1.82. The van der Waals surface area contributed by atoms with Crippen molar-refractivity contribution >= 4 is 23.2 Å². The quantitative estimate of drug-likeness (QED) is 0.908. The van der Waals surface area contributed by atoms with E-state index in [1.54, 1.807) is 10.3 Å². The summed E-state index contributed by atoms with van der Waals surface area (Å²) in [6.45, 7) is 2.20. The van der Waals surface area contributed by atoms with Crippen LogP contribution in [0.15, 0.2) is 11.4 Å². The lowest BCUT2D eigenvalue weighted by molar-refractivity contribution is -0.134. The molecule has 0 saturated heterocycles. The summed E-state index contributed by atoms with van der Waals surface area (Å²) in [5.41, 5.74) is 0. The van der Waals surface area contributed by atoms with Crippen LogP contribution in [0, 0.1) is 5.92 Å². The van der Waals surface area contributed by atoms with E-state index in [9.17, 15) is 9.59 Å². The summed E-state index contributed by atoms with van der Waals surface area (Å²) in [5, 5.41) is 10.4. The van der Waals surface area contributed by atoms with E-state index >= 15 is 0 Å². The van der Waals surface area contributed by atoms with Crippen LogP contribution in [0.4, 0.5) is 0 Å². The number of ether oxygens (including phenoxy) is 1. The lowest BCUT2D eigenvalue weighted by atomic mass is 9.87. The third-order valence-corrected chi connectivity index (χ3v) is 4.97. The molecule has 1 aromatic heterocycles. The molecule has 0 bridgehead atoms. The molecule has 21 heavy (non-hydrogen) atoms. The van der Waals surface area contributed by atoms with Gasteiger partial charge < -0.3 is 14.7 Å². The van der Waals surface area contributed by atoms with E-state index in [0.717, 1.165) is 42.9 Å². The minimum atomic E-state index is -0.977. The van der Waals surface area contributed by atoms with Gasteiger partial charge in [-0.05, 0) is 31.6 Å². The molecule has 6 heteroatoms. The Hall–Kier alpha value is -1.56. The monoisotopic (exact) mass is 311 g/mol. The second kappa shape index (κ2) is 6.93. The number of hydrogen-bond acceptors (Lipinski definition) is 4. The maximum atomic E-state index is 12.1. The molecule has 2 rings (SSSR count). The molecule has 0 radical (unpaired) electrons. The Bertz CT molecular complexity index is 506. The first-order valence-electron chi connectivity index (χ1n) is 7.17. The molecule has 0 unspecified atom stereocenters. The number of thiophene rings is 1. The molecular weight excluding hydrogens is 290 g/mol. The maximum Gasteiger partial charge on any atom is 0.346 e. The van der Waals surface area contributed by atoms with Crippen LogP contribution in [0.5, 0.6) is 5.75 Å². The SMILES string of the molecule is CC1CCC(N(C)C(=O)COc2csc(C(=O)O)c2)CC1. The van der Waals surface area contributed by atoms with Gasteiger partial charge in [0, 0.05) is 24.5 Å². The van der Waals surface area contributed by atoms with Crippen LogP contribution < -0.4 is 4.74 Å². The summed E-state index contributed by atoms with van der Waals surface area (Å²) in [6.07, 6.45) is 4.42. The van der Waals surface area contributed by atoms with Gasteiger partial charge >= 0.3 is 5.97 Å². The Morgan fingerprint density at radius 1 is 1.38 bits per heavy atom. The molecule has 1 fully saturated rings. The Morgan fingerprint density at radius 3 is 2.62 bits per heavy atom. The highest BCUT2D eigenvalue weighted by molar-refractivity contribution is 7.12. The number of carbonyl (C=O) groups is 2. The first kappa shape index (κ1) is 15.8. The average molecular weight is 311 g/mol. The van der Waals surface area contributed by atoms with Gasteiger partial charge in [0.2, 0.25) is 0 Å². The van der Waals surface area contributed by atoms with Crippen molar-refractivity contribution in [3.05, 3.63) is 16.3 Å². The Kier molecular flexibility index (Phi) is 5.22. The highest BCUT2D eigenvalue weighted by Gasteiger charge is 2.25. The number of likely N-dealkylation sites (N-methyl/N-ethyl adjacent to an activating group) is 1. The van der Waals surface area contributed by atoms with Crippen molar-refractivity contribution < 1.29 is 19.4 Å². The number of carboxylic acids is 1. The highest BCUT2D eigenvalue weighted by Crippen LogP contribution is 2.26. The largest absolute Gasteiger partial charge is 0.483 e. The molecule has 0 aromatic carbocycles. The first-order valence-corrected chi connectivity index (χ1v) is 8.05. The smallest absolute Gasteiger partial charge is 0.346 e. The van der Waals surface area contributed by atoms with Gasteiger partial charge in [-0.25, -0.2) is 4.79 Å².